The first-order valence-electron chi connectivity index (χ1n) is 7.11. The van der Waals surface area contributed by atoms with Crippen molar-refractivity contribution in [2.75, 3.05) is 6.61 Å². The van der Waals surface area contributed by atoms with Gasteiger partial charge in [0.05, 0.1) is 12.2 Å². The summed E-state index contributed by atoms with van der Waals surface area (Å²) in [6.07, 6.45) is 14.1. The van der Waals surface area contributed by atoms with Gasteiger partial charge in [0.1, 0.15) is 0 Å². The summed E-state index contributed by atoms with van der Waals surface area (Å²) in [5.41, 5.74) is 0. The minimum absolute atomic E-state index is 0.363. The molecule has 1 aliphatic heterocycles. The first-order valence-corrected chi connectivity index (χ1v) is 7.11. The largest absolute Gasteiger partial charge is 0.396 e. The average Bonchev–Trinajstić information content (AvgIpc) is 2.97. The summed E-state index contributed by atoms with van der Waals surface area (Å²) in [5.74, 6) is 0. The Kier molecular flexibility index (Phi) is 7.87. The zero-order chi connectivity index (χ0) is 11.6. The van der Waals surface area contributed by atoms with Gasteiger partial charge in [0.2, 0.25) is 0 Å². The van der Waals surface area contributed by atoms with E-state index in [4.69, 9.17) is 9.84 Å². The van der Waals surface area contributed by atoms with Crippen LogP contribution in [0.5, 0.6) is 0 Å². The van der Waals surface area contributed by atoms with Crippen molar-refractivity contribution in [3.8, 4) is 0 Å². The van der Waals surface area contributed by atoms with Gasteiger partial charge in [0.15, 0.2) is 0 Å². The summed E-state index contributed by atoms with van der Waals surface area (Å²) in [6, 6.07) is 0. The molecule has 1 heterocycles. The van der Waals surface area contributed by atoms with Crippen molar-refractivity contribution in [1.29, 1.82) is 0 Å². The molecule has 96 valence electrons. The monoisotopic (exact) mass is 228 g/mol. The minimum atomic E-state index is 0.363. The molecule has 1 rings (SSSR count). The molecule has 1 N–H and O–H groups in total. The number of unbranched alkanes of at least 4 members (excludes halogenated alkanes) is 8. The Bertz CT molecular complexity index is 159. The van der Waals surface area contributed by atoms with Gasteiger partial charge >= 0.3 is 0 Å². The average molecular weight is 228 g/mol. The highest BCUT2D eigenvalue weighted by Gasteiger charge is 2.32. The molecule has 16 heavy (non-hydrogen) atoms. The molecule has 1 aliphatic rings. The van der Waals surface area contributed by atoms with Crippen LogP contribution in [0, 0.1) is 0 Å². The molecule has 1 fully saturated rings. The predicted octanol–water partition coefficient (Wildman–Crippen LogP) is 3.67. The number of hydrogen-bond donors (Lipinski definition) is 1. The number of aliphatic hydroxyl groups is 1. The summed E-state index contributed by atoms with van der Waals surface area (Å²) in [7, 11) is 0. The van der Waals surface area contributed by atoms with E-state index in [2.05, 4.69) is 6.92 Å². The lowest BCUT2D eigenvalue weighted by Gasteiger charge is -2.01. The highest BCUT2D eigenvalue weighted by molar-refractivity contribution is 4.79. The third-order valence-corrected chi connectivity index (χ3v) is 3.48. The molecular formula is C14H28O2. The standard InChI is InChI=1S/C14H28O2/c1-13-14(16-13)11-9-7-5-3-2-4-6-8-10-12-15/h13-15H,2-12H2,1H3. The van der Waals surface area contributed by atoms with Gasteiger partial charge in [-0.3, -0.25) is 0 Å². The van der Waals surface area contributed by atoms with Gasteiger partial charge in [-0.2, -0.15) is 0 Å². The van der Waals surface area contributed by atoms with Crippen molar-refractivity contribution in [3.05, 3.63) is 0 Å². The van der Waals surface area contributed by atoms with E-state index in [1.54, 1.807) is 0 Å². The molecule has 0 aliphatic carbocycles. The van der Waals surface area contributed by atoms with Crippen molar-refractivity contribution in [3.63, 3.8) is 0 Å². The van der Waals surface area contributed by atoms with E-state index in [-0.39, 0.29) is 0 Å². The first-order chi connectivity index (χ1) is 7.84. The third-order valence-electron chi connectivity index (χ3n) is 3.48. The Morgan fingerprint density at radius 3 is 1.69 bits per heavy atom. The third kappa shape index (κ3) is 7.24. The van der Waals surface area contributed by atoms with E-state index in [0.29, 0.717) is 18.8 Å². The maximum Gasteiger partial charge on any atom is 0.0839 e. The molecule has 0 spiro atoms. The summed E-state index contributed by atoms with van der Waals surface area (Å²) in [5, 5.41) is 8.62. The molecule has 2 heteroatoms. The maximum absolute atomic E-state index is 8.62. The van der Waals surface area contributed by atoms with Crippen LogP contribution < -0.4 is 0 Å². The zero-order valence-corrected chi connectivity index (χ0v) is 10.8. The van der Waals surface area contributed by atoms with Gasteiger partial charge in [-0.15, -0.1) is 0 Å². The fourth-order valence-electron chi connectivity index (χ4n) is 2.23. The fourth-order valence-corrected chi connectivity index (χ4v) is 2.23. The lowest BCUT2D eigenvalue weighted by Crippen LogP contribution is -1.89. The van der Waals surface area contributed by atoms with E-state index in [0.717, 1.165) is 6.42 Å². The quantitative estimate of drug-likeness (QED) is 0.432. The van der Waals surface area contributed by atoms with Gasteiger partial charge in [-0.25, -0.2) is 0 Å². The molecule has 1 saturated heterocycles. The fraction of sp³-hybridized carbons (Fsp3) is 1.00. The highest BCUT2D eigenvalue weighted by atomic mass is 16.6. The van der Waals surface area contributed by atoms with Crippen LogP contribution in [0.15, 0.2) is 0 Å². The smallest absolute Gasteiger partial charge is 0.0839 e. The molecule has 0 aromatic heterocycles. The Hall–Kier alpha value is -0.0800. The normalized spacial score (nSPS) is 23.6. The minimum Gasteiger partial charge on any atom is -0.396 e. The van der Waals surface area contributed by atoms with Crippen LogP contribution >= 0.6 is 0 Å². The second-order valence-corrected chi connectivity index (χ2v) is 5.07. The van der Waals surface area contributed by atoms with Crippen molar-refractivity contribution in [2.24, 2.45) is 0 Å². The van der Waals surface area contributed by atoms with Crippen molar-refractivity contribution in [1.82, 2.24) is 0 Å². The van der Waals surface area contributed by atoms with Crippen LogP contribution in [-0.2, 0) is 4.74 Å². The van der Waals surface area contributed by atoms with Crippen LogP contribution in [-0.4, -0.2) is 23.9 Å². The van der Waals surface area contributed by atoms with Crippen LogP contribution in [0.1, 0.15) is 71.1 Å². The molecular weight excluding hydrogens is 200 g/mol. The Balaban J connectivity index is 1.65. The van der Waals surface area contributed by atoms with Crippen LogP contribution in [0.3, 0.4) is 0 Å². The van der Waals surface area contributed by atoms with Gasteiger partial charge in [-0.1, -0.05) is 51.4 Å². The lowest BCUT2D eigenvalue weighted by molar-refractivity contribution is 0.282. The Morgan fingerprint density at radius 2 is 1.25 bits per heavy atom. The zero-order valence-electron chi connectivity index (χ0n) is 10.8. The lowest BCUT2D eigenvalue weighted by atomic mass is 10.1. The first kappa shape index (κ1) is 14.0. The van der Waals surface area contributed by atoms with E-state index in [9.17, 15) is 0 Å². The molecule has 2 nitrogen and oxygen atoms in total. The van der Waals surface area contributed by atoms with Crippen molar-refractivity contribution < 1.29 is 9.84 Å². The second kappa shape index (κ2) is 9.00. The topological polar surface area (TPSA) is 32.8 Å². The van der Waals surface area contributed by atoms with E-state index in [1.165, 1.54) is 57.8 Å². The number of ether oxygens (including phenoxy) is 1. The molecule has 0 radical (unpaired) electrons. The molecule has 0 saturated carbocycles. The number of aliphatic hydroxyl groups excluding tert-OH is 1. The Morgan fingerprint density at radius 1 is 0.812 bits per heavy atom. The summed E-state index contributed by atoms with van der Waals surface area (Å²) in [4.78, 5) is 0. The number of epoxide rings is 1. The van der Waals surface area contributed by atoms with Crippen LogP contribution in [0.4, 0.5) is 0 Å². The summed E-state index contributed by atoms with van der Waals surface area (Å²) < 4.78 is 5.38. The Labute approximate surface area is 100 Å². The van der Waals surface area contributed by atoms with E-state index >= 15 is 0 Å². The van der Waals surface area contributed by atoms with Gasteiger partial charge in [0.25, 0.3) is 0 Å². The molecule has 2 atom stereocenters. The number of rotatable bonds is 11. The van der Waals surface area contributed by atoms with Crippen LogP contribution in [0.25, 0.3) is 0 Å². The van der Waals surface area contributed by atoms with E-state index in [1.807, 2.05) is 0 Å². The summed E-state index contributed by atoms with van der Waals surface area (Å²) >= 11 is 0. The van der Waals surface area contributed by atoms with Crippen LogP contribution in [0.2, 0.25) is 0 Å². The molecule has 2 unspecified atom stereocenters. The maximum atomic E-state index is 8.62. The van der Waals surface area contributed by atoms with Crippen molar-refractivity contribution in [2.45, 2.75) is 83.3 Å². The van der Waals surface area contributed by atoms with Gasteiger partial charge in [0, 0.05) is 6.61 Å². The molecule has 0 aromatic carbocycles. The number of hydrogen-bond acceptors (Lipinski definition) is 2. The van der Waals surface area contributed by atoms with E-state index < -0.39 is 0 Å². The molecule has 0 aromatic rings. The van der Waals surface area contributed by atoms with Gasteiger partial charge < -0.3 is 9.84 Å². The molecule has 0 bridgehead atoms. The molecule has 0 amide bonds. The predicted molar refractivity (Wildman–Crippen MR) is 67.6 cm³/mol. The van der Waals surface area contributed by atoms with Crippen molar-refractivity contribution >= 4 is 0 Å². The summed E-state index contributed by atoms with van der Waals surface area (Å²) in [6.45, 7) is 2.53. The second-order valence-electron chi connectivity index (χ2n) is 5.07. The highest BCUT2D eigenvalue weighted by Crippen LogP contribution is 2.26. The van der Waals surface area contributed by atoms with Gasteiger partial charge in [-0.05, 0) is 19.8 Å². The SMILES string of the molecule is CC1OC1CCCCCCCCCCCO.